The number of hydrogen-bond donors (Lipinski definition) is 0. The molecule has 1 aliphatic carbocycles. The number of rotatable bonds is 0. The molecule has 2 heteroatoms. The van der Waals surface area contributed by atoms with Gasteiger partial charge in [0.1, 0.15) is 0 Å². The fourth-order valence-corrected chi connectivity index (χ4v) is 4.21. The first-order valence-electron chi connectivity index (χ1n) is 6.73. The van der Waals surface area contributed by atoms with Gasteiger partial charge in [-0.1, -0.05) is 62.2 Å². The number of fused-ring (bicyclic) bond motifs is 5. The molecule has 1 aliphatic rings. The molecule has 0 bridgehead atoms. The Morgan fingerprint density at radius 3 is 2.35 bits per heavy atom. The third-order valence-corrected chi connectivity index (χ3v) is 5.23. The Kier molecular flexibility index (Phi) is 2.97. The van der Waals surface area contributed by atoms with E-state index in [0.717, 1.165) is 12.8 Å². The fourth-order valence-electron chi connectivity index (χ4n) is 3.18. The Morgan fingerprint density at radius 2 is 1.50 bits per heavy atom. The molecular weight excluding hydrogens is 376 g/mol. The average molecular weight is 388 g/mol. The topological polar surface area (TPSA) is 0 Å². The van der Waals surface area contributed by atoms with Crippen molar-refractivity contribution in [2.45, 2.75) is 12.8 Å². The molecule has 0 spiro atoms. The van der Waals surface area contributed by atoms with E-state index in [0.29, 0.717) is 0 Å². The van der Waals surface area contributed by atoms with E-state index in [1.54, 1.807) is 0 Å². The van der Waals surface area contributed by atoms with E-state index >= 15 is 0 Å². The van der Waals surface area contributed by atoms with Crippen molar-refractivity contribution >= 4 is 42.6 Å². The van der Waals surface area contributed by atoms with Crippen molar-refractivity contribution in [1.82, 2.24) is 0 Å². The molecule has 0 aliphatic heterocycles. The summed E-state index contributed by atoms with van der Waals surface area (Å²) in [7, 11) is 0. The van der Waals surface area contributed by atoms with Gasteiger partial charge in [-0.15, -0.1) is 0 Å². The first kappa shape index (κ1) is 12.6. The van der Waals surface area contributed by atoms with Gasteiger partial charge in [-0.05, 0) is 64.1 Å². The quantitative estimate of drug-likeness (QED) is 0.435. The molecule has 0 amide bonds. The number of hydrogen-bond acceptors (Lipinski definition) is 0. The second-order valence-corrected chi connectivity index (χ2v) is 7.01. The predicted octanol–water partition coefficient (Wildman–Crippen LogP) is 6.13. The second-order valence-electron chi connectivity index (χ2n) is 5.24. The highest BCUT2D eigenvalue weighted by Gasteiger charge is 2.19. The smallest absolute Gasteiger partial charge is 0.0256 e. The van der Waals surface area contributed by atoms with Gasteiger partial charge in [0.15, 0.2) is 0 Å². The third-order valence-electron chi connectivity index (χ3n) is 4.08. The molecule has 0 saturated carbocycles. The Labute approximate surface area is 135 Å². The van der Waals surface area contributed by atoms with Gasteiger partial charge in [-0.3, -0.25) is 0 Å². The minimum absolute atomic E-state index is 1.11. The number of halogens is 2. The molecule has 0 heterocycles. The highest BCUT2D eigenvalue weighted by molar-refractivity contribution is 9.11. The molecule has 98 valence electrons. The Hall–Kier alpha value is -1.12. The van der Waals surface area contributed by atoms with Crippen LogP contribution in [0.4, 0.5) is 0 Å². The van der Waals surface area contributed by atoms with Gasteiger partial charge >= 0.3 is 0 Å². The Bertz CT molecular complexity index is 834. The molecule has 3 aromatic carbocycles. The molecule has 4 rings (SSSR count). The highest BCUT2D eigenvalue weighted by atomic mass is 79.9. The van der Waals surface area contributed by atoms with Gasteiger partial charge in [0.2, 0.25) is 0 Å². The normalized spacial score (nSPS) is 13.1. The minimum atomic E-state index is 1.11. The van der Waals surface area contributed by atoms with E-state index in [-0.39, 0.29) is 0 Å². The van der Waals surface area contributed by atoms with E-state index in [1.165, 1.54) is 42.0 Å². The summed E-state index contributed by atoms with van der Waals surface area (Å²) < 4.78 is 2.37. The first-order chi connectivity index (χ1) is 9.74. The van der Waals surface area contributed by atoms with E-state index in [1.807, 2.05) is 0 Å². The average Bonchev–Trinajstić information content (AvgIpc) is 2.47. The fraction of sp³-hybridized carbons (Fsp3) is 0.111. The molecule has 0 fully saturated rings. The summed E-state index contributed by atoms with van der Waals surface area (Å²) in [6.45, 7) is 0. The van der Waals surface area contributed by atoms with Gasteiger partial charge in [0.25, 0.3) is 0 Å². The van der Waals surface area contributed by atoms with E-state index in [4.69, 9.17) is 0 Å². The number of benzene rings is 3. The summed E-state index contributed by atoms with van der Waals surface area (Å²) in [6, 6.07) is 17.6. The van der Waals surface area contributed by atoms with Crippen LogP contribution in [0.25, 0.3) is 21.9 Å². The summed E-state index contributed by atoms with van der Waals surface area (Å²) in [6.07, 6.45) is 2.23. The van der Waals surface area contributed by atoms with Crippen molar-refractivity contribution in [3.05, 3.63) is 68.6 Å². The van der Waals surface area contributed by atoms with Crippen LogP contribution in [0.2, 0.25) is 0 Å². The van der Waals surface area contributed by atoms with Crippen LogP contribution in [0.3, 0.4) is 0 Å². The van der Waals surface area contributed by atoms with E-state index in [9.17, 15) is 0 Å². The van der Waals surface area contributed by atoms with Crippen LogP contribution in [0.1, 0.15) is 11.1 Å². The molecular formula is C18H12Br2. The van der Waals surface area contributed by atoms with E-state index < -0.39 is 0 Å². The van der Waals surface area contributed by atoms with E-state index in [2.05, 4.69) is 80.4 Å². The maximum atomic E-state index is 3.72. The first-order valence-corrected chi connectivity index (χ1v) is 8.31. The van der Waals surface area contributed by atoms with Crippen LogP contribution in [0, 0.1) is 0 Å². The monoisotopic (exact) mass is 386 g/mol. The minimum Gasteiger partial charge on any atom is -0.0616 e. The van der Waals surface area contributed by atoms with Gasteiger partial charge in [-0.2, -0.15) is 0 Å². The summed E-state index contributed by atoms with van der Waals surface area (Å²) in [5, 5.41) is 2.64. The second kappa shape index (κ2) is 4.71. The number of aryl methyl sites for hydroxylation is 2. The SMILES string of the molecule is Brc1ccc2c(c1)CCc1cc(Br)c3ccccc3c1-2. The lowest BCUT2D eigenvalue weighted by atomic mass is 9.83. The van der Waals surface area contributed by atoms with Crippen LogP contribution >= 0.6 is 31.9 Å². The molecule has 3 aromatic rings. The molecule has 0 radical (unpaired) electrons. The van der Waals surface area contributed by atoms with Gasteiger partial charge in [0, 0.05) is 8.95 Å². The third kappa shape index (κ3) is 1.86. The lowest BCUT2D eigenvalue weighted by Crippen LogP contribution is -2.04. The van der Waals surface area contributed by atoms with Gasteiger partial charge < -0.3 is 0 Å². The Balaban J connectivity index is 2.14. The molecule has 0 unspecified atom stereocenters. The van der Waals surface area contributed by atoms with Gasteiger partial charge in [-0.25, -0.2) is 0 Å². The summed E-state index contributed by atoms with van der Waals surface area (Å²) >= 11 is 7.30. The maximum Gasteiger partial charge on any atom is 0.0256 e. The van der Waals surface area contributed by atoms with Crippen LogP contribution in [-0.4, -0.2) is 0 Å². The zero-order valence-corrected chi connectivity index (χ0v) is 14.0. The highest BCUT2D eigenvalue weighted by Crippen LogP contribution is 2.42. The van der Waals surface area contributed by atoms with Crippen molar-refractivity contribution in [1.29, 1.82) is 0 Å². The lowest BCUT2D eigenvalue weighted by Gasteiger charge is -2.22. The Morgan fingerprint density at radius 1 is 0.750 bits per heavy atom. The van der Waals surface area contributed by atoms with Crippen molar-refractivity contribution in [2.75, 3.05) is 0 Å². The maximum absolute atomic E-state index is 3.72. The molecule has 20 heavy (non-hydrogen) atoms. The van der Waals surface area contributed by atoms with Crippen molar-refractivity contribution in [2.24, 2.45) is 0 Å². The molecule has 0 saturated heterocycles. The van der Waals surface area contributed by atoms with Crippen LogP contribution in [-0.2, 0) is 12.8 Å². The molecule has 0 atom stereocenters. The van der Waals surface area contributed by atoms with Crippen LogP contribution < -0.4 is 0 Å². The van der Waals surface area contributed by atoms with Crippen molar-refractivity contribution in [3.8, 4) is 11.1 Å². The van der Waals surface area contributed by atoms with Gasteiger partial charge in [0.05, 0.1) is 0 Å². The van der Waals surface area contributed by atoms with Crippen LogP contribution in [0.5, 0.6) is 0 Å². The van der Waals surface area contributed by atoms with Crippen molar-refractivity contribution in [3.63, 3.8) is 0 Å². The summed E-state index contributed by atoms with van der Waals surface area (Å²) in [5.41, 5.74) is 5.69. The summed E-state index contributed by atoms with van der Waals surface area (Å²) in [5.74, 6) is 0. The lowest BCUT2D eigenvalue weighted by molar-refractivity contribution is 0.943. The molecule has 0 aromatic heterocycles. The standard InChI is InChI=1S/C18H12Br2/c19-13-7-8-14-11(9-13)5-6-12-10-17(20)15-3-1-2-4-16(15)18(12)14/h1-4,7-10H,5-6H2. The predicted molar refractivity (Wildman–Crippen MR) is 92.2 cm³/mol. The molecule has 0 nitrogen and oxygen atoms in total. The van der Waals surface area contributed by atoms with Crippen LogP contribution in [0.15, 0.2) is 57.5 Å². The largest absolute Gasteiger partial charge is 0.0616 e. The summed E-state index contributed by atoms with van der Waals surface area (Å²) in [4.78, 5) is 0. The zero-order chi connectivity index (χ0) is 13.7. The zero-order valence-electron chi connectivity index (χ0n) is 10.8. The molecule has 0 N–H and O–H groups in total. The van der Waals surface area contributed by atoms with Crippen molar-refractivity contribution < 1.29 is 0 Å².